The van der Waals surface area contributed by atoms with Crippen LogP contribution in [0.15, 0.2) is 36.4 Å². The molecule has 0 aliphatic heterocycles. The normalized spacial score (nSPS) is 10.8. The molecule has 0 spiro atoms. The van der Waals surface area contributed by atoms with Crippen LogP contribution in [0.5, 0.6) is 0 Å². The van der Waals surface area contributed by atoms with Gasteiger partial charge in [-0.05, 0) is 36.2 Å². The summed E-state index contributed by atoms with van der Waals surface area (Å²) in [6.45, 7) is 2.44. The largest absolute Gasteiger partial charge is 0.330 e. The average Bonchev–Trinajstić information content (AvgIpc) is 2.78. The zero-order valence-corrected chi connectivity index (χ0v) is 11.7. The molecule has 2 aromatic rings. The van der Waals surface area contributed by atoms with Crippen LogP contribution in [0.3, 0.4) is 0 Å². The van der Waals surface area contributed by atoms with Gasteiger partial charge in [-0.25, -0.2) is 0 Å². The molecular formula is C14H17ClN2S. The number of rotatable bonds is 6. The Balaban J connectivity index is 1.79. The van der Waals surface area contributed by atoms with Crippen molar-refractivity contribution in [1.29, 1.82) is 0 Å². The van der Waals surface area contributed by atoms with E-state index < -0.39 is 0 Å². The molecule has 96 valence electrons. The summed E-state index contributed by atoms with van der Waals surface area (Å²) in [6, 6.07) is 12.6. The zero-order valence-electron chi connectivity index (χ0n) is 10.2. The van der Waals surface area contributed by atoms with Crippen LogP contribution >= 0.6 is 22.9 Å². The molecule has 1 heterocycles. The molecule has 0 saturated heterocycles. The van der Waals surface area contributed by atoms with Crippen LogP contribution in [0, 0.1) is 0 Å². The topological polar surface area (TPSA) is 38.0 Å². The highest BCUT2D eigenvalue weighted by Crippen LogP contribution is 2.21. The summed E-state index contributed by atoms with van der Waals surface area (Å²) >= 11 is 7.50. The van der Waals surface area contributed by atoms with Crippen molar-refractivity contribution in [2.24, 2.45) is 5.73 Å². The minimum Gasteiger partial charge on any atom is -0.330 e. The Morgan fingerprint density at radius 2 is 1.72 bits per heavy atom. The van der Waals surface area contributed by atoms with Gasteiger partial charge in [-0.3, -0.25) is 0 Å². The fraction of sp³-hybridized carbons (Fsp3) is 0.286. The number of benzene rings is 1. The molecule has 0 aliphatic rings. The zero-order chi connectivity index (χ0) is 12.8. The van der Waals surface area contributed by atoms with E-state index in [4.69, 9.17) is 17.3 Å². The minimum atomic E-state index is 0.705. The molecule has 0 aliphatic carbocycles. The average molecular weight is 281 g/mol. The van der Waals surface area contributed by atoms with E-state index in [0.717, 1.165) is 23.8 Å². The van der Waals surface area contributed by atoms with Crippen molar-refractivity contribution in [2.75, 3.05) is 6.54 Å². The van der Waals surface area contributed by atoms with Gasteiger partial charge in [0.2, 0.25) is 0 Å². The summed E-state index contributed by atoms with van der Waals surface area (Å²) in [4.78, 5) is 1.26. The number of hydrogen-bond donors (Lipinski definition) is 2. The Labute approximate surface area is 117 Å². The van der Waals surface area contributed by atoms with Crippen molar-refractivity contribution in [2.45, 2.75) is 19.5 Å². The molecule has 0 atom stereocenters. The molecule has 0 radical (unpaired) electrons. The van der Waals surface area contributed by atoms with Gasteiger partial charge in [-0.1, -0.05) is 35.9 Å². The highest BCUT2D eigenvalue weighted by molar-refractivity contribution is 7.16. The Morgan fingerprint density at radius 1 is 1.00 bits per heavy atom. The standard InChI is InChI=1S/C14H17ClN2S/c15-14-6-5-13(18-14)10-17-9-12-3-1-11(2-4-12)7-8-16/h1-6,17H,7-10,16H2. The number of nitrogens with one attached hydrogen (secondary N) is 1. The highest BCUT2D eigenvalue weighted by Gasteiger charge is 1.98. The number of hydrogen-bond acceptors (Lipinski definition) is 3. The quantitative estimate of drug-likeness (QED) is 0.853. The van der Waals surface area contributed by atoms with Crippen LogP contribution in [-0.2, 0) is 19.5 Å². The van der Waals surface area contributed by atoms with Crippen molar-refractivity contribution in [3.05, 3.63) is 56.7 Å². The summed E-state index contributed by atoms with van der Waals surface area (Å²) in [5.41, 5.74) is 8.11. The van der Waals surface area contributed by atoms with Gasteiger partial charge in [0.25, 0.3) is 0 Å². The first-order valence-corrected chi connectivity index (χ1v) is 7.20. The second kappa shape index (κ2) is 6.90. The number of nitrogens with two attached hydrogens (primary N) is 1. The monoisotopic (exact) mass is 280 g/mol. The first-order chi connectivity index (χ1) is 8.78. The van der Waals surface area contributed by atoms with Crippen LogP contribution in [-0.4, -0.2) is 6.54 Å². The molecule has 0 fully saturated rings. The molecule has 1 aromatic heterocycles. The van der Waals surface area contributed by atoms with E-state index in [-0.39, 0.29) is 0 Å². The molecule has 18 heavy (non-hydrogen) atoms. The Kier molecular flexibility index (Phi) is 5.20. The van der Waals surface area contributed by atoms with Crippen molar-refractivity contribution >= 4 is 22.9 Å². The van der Waals surface area contributed by atoms with E-state index in [9.17, 15) is 0 Å². The first-order valence-electron chi connectivity index (χ1n) is 6.01. The molecule has 1 aromatic carbocycles. The third kappa shape index (κ3) is 4.10. The van der Waals surface area contributed by atoms with Gasteiger partial charge in [0.15, 0.2) is 0 Å². The van der Waals surface area contributed by atoms with Gasteiger partial charge < -0.3 is 11.1 Å². The number of thiophene rings is 1. The van der Waals surface area contributed by atoms with Crippen molar-refractivity contribution < 1.29 is 0 Å². The summed E-state index contributed by atoms with van der Waals surface area (Å²) < 4.78 is 0.845. The second-order valence-corrected chi connectivity index (χ2v) is 5.96. The molecule has 0 saturated carbocycles. The molecule has 3 N–H and O–H groups in total. The fourth-order valence-corrected chi connectivity index (χ4v) is 2.82. The lowest BCUT2D eigenvalue weighted by Gasteiger charge is -2.05. The minimum absolute atomic E-state index is 0.705. The highest BCUT2D eigenvalue weighted by atomic mass is 35.5. The molecule has 2 nitrogen and oxygen atoms in total. The van der Waals surface area contributed by atoms with Crippen LogP contribution in [0.1, 0.15) is 16.0 Å². The smallest absolute Gasteiger partial charge is 0.0931 e. The lowest BCUT2D eigenvalue weighted by molar-refractivity contribution is 0.700. The van der Waals surface area contributed by atoms with Crippen molar-refractivity contribution in [3.63, 3.8) is 0 Å². The SMILES string of the molecule is NCCc1ccc(CNCc2ccc(Cl)s2)cc1. The number of halogens is 1. The van der Waals surface area contributed by atoms with Gasteiger partial charge in [0, 0.05) is 18.0 Å². The summed E-state index contributed by atoms with van der Waals surface area (Å²) in [5, 5.41) is 3.41. The maximum Gasteiger partial charge on any atom is 0.0931 e. The van der Waals surface area contributed by atoms with Gasteiger partial charge in [0.1, 0.15) is 0 Å². The van der Waals surface area contributed by atoms with E-state index in [1.165, 1.54) is 16.0 Å². The first kappa shape index (κ1) is 13.6. The molecule has 4 heteroatoms. The molecular weight excluding hydrogens is 264 g/mol. The molecule has 2 rings (SSSR count). The summed E-state index contributed by atoms with van der Waals surface area (Å²) in [5.74, 6) is 0. The molecule has 0 bridgehead atoms. The molecule has 0 unspecified atom stereocenters. The van der Waals surface area contributed by atoms with Gasteiger partial charge in [-0.15, -0.1) is 11.3 Å². The predicted octanol–water partition coefficient (Wildman–Crippen LogP) is 3.19. The van der Waals surface area contributed by atoms with Gasteiger partial charge in [-0.2, -0.15) is 0 Å². The third-order valence-corrected chi connectivity index (χ3v) is 3.94. The van der Waals surface area contributed by atoms with Crippen LogP contribution < -0.4 is 11.1 Å². The van der Waals surface area contributed by atoms with Gasteiger partial charge >= 0.3 is 0 Å². The van der Waals surface area contributed by atoms with E-state index >= 15 is 0 Å². The fourth-order valence-electron chi connectivity index (χ4n) is 1.77. The second-order valence-electron chi connectivity index (χ2n) is 4.16. The van der Waals surface area contributed by atoms with Crippen molar-refractivity contribution in [1.82, 2.24) is 5.32 Å². The summed E-state index contributed by atoms with van der Waals surface area (Å²) in [7, 11) is 0. The maximum atomic E-state index is 5.88. The van der Waals surface area contributed by atoms with Gasteiger partial charge in [0.05, 0.1) is 4.34 Å². The van der Waals surface area contributed by atoms with Crippen LogP contribution in [0.4, 0.5) is 0 Å². The lowest BCUT2D eigenvalue weighted by Crippen LogP contribution is -2.11. The van der Waals surface area contributed by atoms with E-state index in [0.29, 0.717) is 6.54 Å². The Bertz CT molecular complexity index is 479. The van der Waals surface area contributed by atoms with Crippen LogP contribution in [0.2, 0.25) is 4.34 Å². The van der Waals surface area contributed by atoms with E-state index in [2.05, 4.69) is 35.6 Å². The predicted molar refractivity (Wildman–Crippen MR) is 79.1 cm³/mol. The lowest BCUT2D eigenvalue weighted by atomic mass is 10.1. The van der Waals surface area contributed by atoms with E-state index in [1.54, 1.807) is 11.3 Å². The molecule has 0 amide bonds. The Morgan fingerprint density at radius 3 is 2.33 bits per heavy atom. The summed E-state index contributed by atoms with van der Waals surface area (Å²) in [6.07, 6.45) is 0.946. The third-order valence-electron chi connectivity index (χ3n) is 2.71. The van der Waals surface area contributed by atoms with Crippen LogP contribution in [0.25, 0.3) is 0 Å². The Hall–Kier alpha value is -0.870. The maximum absolute atomic E-state index is 5.88. The van der Waals surface area contributed by atoms with Crippen molar-refractivity contribution in [3.8, 4) is 0 Å². The van der Waals surface area contributed by atoms with E-state index in [1.807, 2.05) is 6.07 Å².